The van der Waals surface area contributed by atoms with Gasteiger partial charge in [0, 0.05) is 17.5 Å². The first-order valence-electron chi connectivity index (χ1n) is 8.59. The minimum Gasteiger partial charge on any atom is -0.497 e. The number of methoxy groups -OCH3 is 1. The lowest BCUT2D eigenvalue weighted by Gasteiger charge is -2.11. The predicted molar refractivity (Wildman–Crippen MR) is 115 cm³/mol. The number of benzene rings is 2. The molecule has 8 heteroatoms. The highest BCUT2D eigenvalue weighted by Gasteiger charge is 2.09. The number of thiocarbonyl (C=S) groups is 1. The molecule has 0 atom stereocenters. The molecule has 0 aliphatic heterocycles. The molecule has 28 heavy (non-hydrogen) atoms. The Morgan fingerprint density at radius 3 is 2.57 bits per heavy atom. The fourth-order valence-electron chi connectivity index (χ4n) is 2.41. The Bertz CT molecular complexity index is 927. The number of amides is 1. The molecule has 3 aromatic rings. The van der Waals surface area contributed by atoms with Crippen LogP contribution < -0.4 is 20.9 Å². The van der Waals surface area contributed by atoms with Crippen molar-refractivity contribution in [3.63, 3.8) is 0 Å². The Morgan fingerprint density at radius 1 is 1.11 bits per heavy atom. The van der Waals surface area contributed by atoms with Gasteiger partial charge >= 0.3 is 0 Å². The molecular weight excluding hydrogens is 392 g/mol. The van der Waals surface area contributed by atoms with E-state index in [9.17, 15) is 4.79 Å². The third-order valence-corrected chi connectivity index (χ3v) is 4.96. The van der Waals surface area contributed by atoms with Gasteiger partial charge in [0.2, 0.25) is 5.91 Å². The van der Waals surface area contributed by atoms with Gasteiger partial charge in [0.1, 0.15) is 10.8 Å². The molecule has 0 spiro atoms. The smallest absolute Gasteiger partial charge is 0.245 e. The molecule has 1 aromatic heterocycles. The molecule has 2 aromatic carbocycles. The number of thiazole rings is 1. The van der Waals surface area contributed by atoms with Crippen molar-refractivity contribution in [2.75, 3.05) is 7.11 Å². The third kappa shape index (κ3) is 5.77. The van der Waals surface area contributed by atoms with Crippen LogP contribution in [0.25, 0.3) is 11.3 Å². The van der Waals surface area contributed by atoms with E-state index in [-0.39, 0.29) is 12.3 Å². The summed E-state index contributed by atoms with van der Waals surface area (Å²) in [6, 6.07) is 17.5. The molecule has 0 unspecified atom stereocenters. The van der Waals surface area contributed by atoms with Gasteiger partial charge in [0.25, 0.3) is 0 Å². The normalized spacial score (nSPS) is 10.2. The Morgan fingerprint density at radius 2 is 1.86 bits per heavy atom. The molecule has 3 N–H and O–H groups in total. The SMILES string of the molecule is COc1ccc(CNC(=S)NNC(=O)Cc2nc(-c3ccccc3)cs2)cc1. The number of rotatable bonds is 6. The molecule has 0 saturated heterocycles. The number of hydrogen-bond donors (Lipinski definition) is 3. The van der Waals surface area contributed by atoms with E-state index in [0.717, 1.165) is 27.6 Å². The summed E-state index contributed by atoms with van der Waals surface area (Å²) in [6.45, 7) is 0.540. The van der Waals surface area contributed by atoms with Crippen molar-refractivity contribution in [2.24, 2.45) is 0 Å². The number of hydrogen-bond acceptors (Lipinski definition) is 5. The number of carbonyl (C=O) groups excluding carboxylic acids is 1. The Balaban J connectivity index is 1.41. The van der Waals surface area contributed by atoms with Crippen LogP contribution in [-0.2, 0) is 17.8 Å². The van der Waals surface area contributed by atoms with E-state index < -0.39 is 0 Å². The van der Waals surface area contributed by atoms with E-state index in [4.69, 9.17) is 17.0 Å². The van der Waals surface area contributed by atoms with Crippen molar-refractivity contribution in [1.82, 2.24) is 21.2 Å². The van der Waals surface area contributed by atoms with E-state index in [1.165, 1.54) is 11.3 Å². The minimum atomic E-state index is -0.206. The number of ether oxygens (including phenoxy) is 1. The number of carbonyl (C=O) groups is 1. The largest absolute Gasteiger partial charge is 0.497 e. The van der Waals surface area contributed by atoms with Gasteiger partial charge in [-0.05, 0) is 29.9 Å². The van der Waals surface area contributed by atoms with Crippen LogP contribution >= 0.6 is 23.6 Å². The molecule has 6 nitrogen and oxygen atoms in total. The average Bonchev–Trinajstić information content (AvgIpc) is 3.20. The molecule has 1 heterocycles. The average molecular weight is 413 g/mol. The van der Waals surface area contributed by atoms with Crippen molar-refractivity contribution in [2.45, 2.75) is 13.0 Å². The maximum atomic E-state index is 12.1. The summed E-state index contributed by atoms with van der Waals surface area (Å²) in [7, 11) is 1.63. The molecule has 0 bridgehead atoms. The van der Waals surface area contributed by atoms with E-state index >= 15 is 0 Å². The zero-order valence-corrected chi connectivity index (χ0v) is 16.9. The molecule has 0 radical (unpaired) electrons. The van der Waals surface area contributed by atoms with Crippen LogP contribution in [0.3, 0.4) is 0 Å². The van der Waals surface area contributed by atoms with Crippen LogP contribution in [0.2, 0.25) is 0 Å². The van der Waals surface area contributed by atoms with E-state index in [0.29, 0.717) is 11.7 Å². The number of aromatic nitrogens is 1. The zero-order valence-electron chi connectivity index (χ0n) is 15.3. The van der Waals surface area contributed by atoms with E-state index in [2.05, 4.69) is 21.2 Å². The van der Waals surface area contributed by atoms with Gasteiger partial charge < -0.3 is 10.1 Å². The Hall–Kier alpha value is -2.97. The van der Waals surface area contributed by atoms with Gasteiger partial charge in [0.15, 0.2) is 5.11 Å². The molecule has 3 rings (SSSR count). The lowest BCUT2D eigenvalue weighted by atomic mass is 10.2. The van der Waals surface area contributed by atoms with Crippen LogP contribution in [0.4, 0.5) is 0 Å². The van der Waals surface area contributed by atoms with Gasteiger partial charge in [-0.3, -0.25) is 15.6 Å². The van der Waals surface area contributed by atoms with Gasteiger partial charge in [-0.15, -0.1) is 11.3 Å². The molecule has 1 amide bonds. The van der Waals surface area contributed by atoms with Gasteiger partial charge in [0.05, 0.1) is 19.2 Å². The molecule has 0 aliphatic rings. The highest BCUT2D eigenvalue weighted by molar-refractivity contribution is 7.80. The van der Waals surface area contributed by atoms with Gasteiger partial charge in [-0.1, -0.05) is 42.5 Å². The van der Waals surface area contributed by atoms with Gasteiger partial charge in [-0.2, -0.15) is 0 Å². The number of hydrazine groups is 1. The third-order valence-electron chi connectivity index (χ3n) is 3.86. The Kier molecular flexibility index (Phi) is 6.94. The Labute approximate surface area is 172 Å². The summed E-state index contributed by atoms with van der Waals surface area (Å²) in [6.07, 6.45) is 0.186. The van der Waals surface area contributed by atoms with Gasteiger partial charge in [-0.25, -0.2) is 4.98 Å². The van der Waals surface area contributed by atoms with Crippen LogP contribution in [0.5, 0.6) is 5.75 Å². The van der Waals surface area contributed by atoms with Crippen molar-refractivity contribution in [3.8, 4) is 17.0 Å². The van der Waals surface area contributed by atoms with Crippen molar-refractivity contribution < 1.29 is 9.53 Å². The van der Waals surface area contributed by atoms with Crippen molar-refractivity contribution in [1.29, 1.82) is 0 Å². The van der Waals surface area contributed by atoms with Crippen LogP contribution in [-0.4, -0.2) is 23.1 Å². The highest BCUT2D eigenvalue weighted by Crippen LogP contribution is 2.21. The molecule has 0 saturated carbocycles. The number of nitrogens with one attached hydrogen (secondary N) is 3. The topological polar surface area (TPSA) is 75.3 Å². The predicted octanol–water partition coefficient (Wildman–Crippen LogP) is 3.06. The lowest BCUT2D eigenvalue weighted by molar-refractivity contribution is -0.121. The minimum absolute atomic E-state index is 0.186. The summed E-state index contributed by atoms with van der Waals surface area (Å²) >= 11 is 6.64. The second-order valence-electron chi connectivity index (χ2n) is 5.87. The molecule has 0 aliphatic carbocycles. The molecule has 144 valence electrons. The van der Waals surface area contributed by atoms with E-state index in [1.807, 2.05) is 60.0 Å². The summed E-state index contributed by atoms with van der Waals surface area (Å²) in [5.41, 5.74) is 8.25. The summed E-state index contributed by atoms with van der Waals surface area (Å²) in [5.74, 6) is 0.594. The maximum absolute atomic E-state index is 12.1. The molecule has 0 fully saturated rings. The zero-order chi connectivity index (χ0) is 19.8. The first kappa shape index (κ1) is 19.8. The van der Waals surface area contributed by atoms with Crippen molar-refractivity contribution in [3.05, 3.63) is 70.5 Å². The monoisotopic (exact) mass is 412 g/mol. The summed E-state index contributed by atoms with van der Waals surface area (Å²) in [5, 5.41) is 6.07. The lowest BCUT2D eigenvalue weighted by Crippen LogP contribution is -2.47. The maximum Gasteiger partial charge on any atom is 0.245 e. The van der Waals surface area contributed by atoms with Crippen LogP contribution in [0, 0.1) is 0 Å². The fourth-order valence-corrected chi connectivity index (χ4v) is 3.34. The summed E-state index contributed by atoms with van der Waals surface area (Å²) in [4.78, 5) is 16.6. The second kappa shape index (κ2) is 9.82. The van der Waals surface area contributed by atoms with Crippen LogP contribution in [0.15, 0.2) is 60.0 Å². The summed E-state index contributed by atoms with van der Waals surface area (Å²) < 4.78 is 5.12. The molecular formula is C20H20N4O2S2. The first-order chi connectivity index (χ1) is 13.6. The fraction of sp³-hybridized carbons (Fsp3) is 0.150. The van der Waals surface area contributed by atoms with E-state index in [1.54, 1.807) is 7.11 Å². The first-order valence-corrected chi connectivity index (χ1v) is 9.88. The van der Waals surface area contributed by atoms with Crippen molar-refractivity contribution >= 4 is 34.6 Å². The number of nitrogens with zero attached hydrogens (tertiary/aromatic N) is 1. The highest BCUT2D eigenvalue weighted by atomic mass is 32.1. The van der Waals surface area contributed by atoms with Crippen LogP contribution in [0.1, 0.15) is 10.6 Å². The standard InChI is InChI=1S/C20H20N4O2S2/c1-26-16-9-7-14(8-10-16)12-21-20(27)24-23-18(25)11-19-22-17(13-28-19)15-5-3-2-4-6-15/h2-10,13H,11-12H2,1H3,(H,23,25)(H2,21,24,27). The second-order valence-corrected chi connectivity index (χ2v) is 7.22. The quantitative estimate of drug-likeness (QED) is 0.427.